The molecule has 3 aliphatic rings. The number of fused-ring (bicyclic) bond motifs is 1. The van der Waals surface area contributed by atoms with Gasteiger partial charge in [0.1, 0.15) is 11.6 Å². The Morgan fingerprint density at radius 2 is 1.79 bits per heavy atom. The van der Waals surface area contributed by atoms with E-state index in [1.54, 1.807) is 26.8 Å². The van der Waals surface area contributed by atoms with Crippen molar-refractivity contribution in [3.63, 3.8) is 0 Å². The van der Waals surface area contributed by atoms with Gasteiger partial charge in [-0.15, -0.1) is 0 Å². The fourth-order valence-corrected chi connectivity index (χ4v) is 4.51. The van der Waals surface area contributed by atoms with Gasteiger partial charge in [-0.05, 0) is 67.1 Å². The van der Waals surface area contributed by atoms with Crippen molar-refractivity contribution in [3.05, 3.63) is 40.5 Å². The van der Waals surface area contributed by atoms with Crippen LogP contribution in [0.25, 0.3) is 11.3 Å². The van der Waals surface area contributed by atoms with Crippen molar-refractivity contribution in [2.75, 3.05) is 0 Å². The van der Waals surface area contributed by atoms with Crippen molar-refractivity contribution in [2.24, 2.45) is 5.92 Å². The minimum atomic E-state index is -4.63. The summed E-state index contributed by atoms with van der Waals surface area (Å²) in [5.74, 6) is -1.41. The molecule has 2 aromatic heterocycles. The summed E-state index contributed by atoms with van der Waals surface area (Å²) in [7, 11) is 0. The van der Waals surface area contributed by atoms with E-state index in [-0.39, 0.29) is 24.4 Å². The zero-order chi connectivity index (χ0) is 24.8. The molecule has 0 spiro atoms. The molecule has 2 saturated heterocycles. The van der Waals surface area contributed by atoms with E-state index in [0.717, 1.165) is 25.2 Å². The van der Waals surface area contributed by atoms with Gasteiger partial charge in [0.05, 0.1) is 5.69 Å². The topological polar surface area (TPSA) is 97.3 Å². The van der Waals surface area contributed by atoms with Crippen molar-refractivity contribution < 1.29 is 27.5 Å². The van der Waals surface area contributed by atoms with E-state index in [0.29, 0.717) is 21.3 Å². The molecule has 2 aromatic rings. The second kappa shape index (κ2) is 8.79. The molecule has 0 radical (unpaired) electrons. The maximum Gasteiger partial charge on any atom is 0.451 e. The third-order valence-corrected chi connectivity index (χ3v) is 6.47. The quantitative estimate of drug-likeness (QED) is 0.618. The first kappa shape index (κ1) is 24.4. The lowest BCUT2D eigenvalue weighted by molar-refractivity contribution is -0.145. The fraction of sp³-hybridized carbons (Fsp3) is 0.500. The summed E-state index contributed by atoms with van der Waals surface area (Å²) in [6, 6.07) is 1.05. The first-order valence-electron chi connectivity index (χ1n) is 10.7. The molecule has 0 aromatic carbocycles. The number of aromatic nitrogens is 3. The summed E-state index contributed by atoms with van der Waals surface area (Å²) >= 11 is 3.38. The lowest BCUT2D eigenvalue weighted by atomic mass is 9.83. The molecule has 2 bridgehead atoms. The maximum atomic E-state index is 13.0. The molecule has 1 aliphatic carbocycles. The van der Waals surface area contributed by atoms with Gasteiger partial charge in [0.25, 0.3) is 0 Å². The van der Waals surface area contributed by atoms with E-state index in [2.05, 4.69) is 36.2 Å². The zero-order valence-corrected chi connectivity index (χ0v) is 20.3. The van der Waals surface area contributed by atoms with Gasteiger partial charge < -0.3 is 10.1 Å². The number of nitrogens with one attached hydrogen (secondary N) is 1. The highest BCUT2D eigenvalue weighted by Crippen LogP contribution is 2.46. The first-order valence-corrected chi connectivity index (χ1v) is 11.5. The highest BCUT2D eigenvalue weighted by Gasteiger charge is 2.56. The van der Waals surface area contributed by atoms with Crippen LogP contribution < -0.4 is 5.32 Å². The van der Waals surface area contributed by atoms with Crippen LogP contribution in [0.2, 0.25) is 0 Å². The molecule has 1 saturated carbocycles. The van der Waals surface area contributed by atoms with Crippen molar-refractivity contribution in [1.29, 1.82) is 0 Å². The Morgan fingerprint density at radius 3 is 2.38 bits per heavy atom. The Hall–Kier alpha value is -2.76. The largest absolute Gasteiger partial charge is 0.451 e. The van der Waals surface area contributed by atoms with E-state index in [4.69, 9.17) is 4.74 Å². The monoisotopic (exact) mass is 541 g/mol. The van der Waals surface area contributed by atoms with Gasteiger partial charge in [0.2, 0.25) is 11.7 Å². The Labute approximate surface area is 202 Å². The van der Waals surface area contributed by atoms with E-state index >= 15 is 0 Å². The predicted octanol–water partition coefficient (Wildman–Crippen LogP) is 4.33. The second-order valence-corrected chi connectivity index (χ2v) is 10.2. The lowest BCUT2D eigenvalue weighted by Gasteiger charge is -2.29. The van der Waals surface area contributed by atoms with Crippen LogP contribution in [0, 0.1) is 5.92 Å². The lowest BCUT2D eigenvalue weighted by Crippen LogP contribution is -2.47. The van der Waals surface area contributed by atoms with Gasteiger partial charge in [0, 0.05) is 41.2 Å². The Bertz CT molecular complexity index is 1100. The van der Waals surface area contributed by atoms with Crippen molar-refractivity contribution in [2.45, 2.75) is 64.0 Å². The van der Waals surface area contributed by atoms with Gasteiger partial charge in [-0.3, -0.25) is 14.7 Å². The van der Waals surface area contributed by atoms with Crippen LogP contribution in [0.1, 0.15) is 45.0 Å². The number of carbonyl (C=O) groups is 2. The van der Waals surface area contributed by atoms with Crippen LogP contribution in [-0.4, -0.2) is 49.5 Å². The minimum Gasteiger partial charge on any atom is -0.444 e. The number of alkyl halides is 3. The molecule has 182 valence electrons. The van der Waals surface area contributed by atoms with Gasteiger partial charge in [-0.1, -0.05) is 0 Å². The third-order valence-electron chi connectivity index (χ3n) is 5.75. The number of pyridine rings is 1. The summed E-state index contributed by atoms with van der Waals surface area (Å²) in [6.07, 6.45) is 0.0242. The number of rotatable bonds is 4. The van der Waals surface area contributed by atoms with Crippen LogP contribution >= 0.6 is 15.9 Å². The number of nitrogens with zero attached hydrogens (tertiary/aromatic N) is 4. The molecule has 1 atom stereocenters. The third kappa shape index (κ3) is 5.01. The highest BCUT2D eigenvalue weighted by molar-refractivity contribution is 9.10. The average Bonchev–Trinajstić information content (AvgIpc) is 3.28. The van der Waals surface area contributed by atoms with Crippen LogP contribution in [-0.2, 0) is 22.3 Å². The molecule has 4 heterocycles. The number of halogens is 4. The van der Waals surface area contributed by atoms with Crippen molar-refractivity contribution >= 4 is 27.9 Å². The number of ether oxygens (including phenoxy) is 1. The van der Waals surface area contributed by atoms with Gasteiger partial charge in [0.15, 0.2) is 0 Å². The number of hydrogen-bond acceptors (Lipinski definition) is 6. The van der Waals surface area contributed by atoms with Crippen molar-refractivity contribution in [1.82, 2.24) is 25.2 Å². The second-order valence-electron chi connectivity index (χ2n) is 9.39. The van der Waals surface area contributed by atoms with Crippen LogP contribution in [0.3, 0.4) is 0 Å². The summed E-state index contributed by atoms with van der Waals surface area (Å²) in [5.41, 5.74) is 0.665. The molecule has 3 fully saturated rings. The molecule has 2 aliphatic heterocycles. The van der Waals surface area contributed by atoms with Crippen molar-refractivity contribution in [3.8, 4) is 11.3 Å². The number of amides is 2. The molecule has 1 N–H and O–H groups in total. The van der Waals surface area contributed by atoms with Gasteiger partial charge in [-0.25, -0.2) is 14.8 Å². The minimum absolute atomic E-state index is 0.00883. The Morgan fingerprint density at radius 1 is 1.15 bits per heavy atom. The van der Waals surface area contributed by atoms with Crippen LogP contribution in [0.5, 0.6) is 0 Å². The molecule has 2 amide bonds. The molecular weight excluding hydrogens is 519 g/mol. The number of hydrogen-bond donors (Lipinski definition) is 1. The van der Waals surface area contributed by atoms with E-state index in [1.807, 2.05) is 0 Å². The first-order chi connectivity index (χ1) is 15.8. The van der Waals surface area contributed by atoms with E-state index < -0.39 is 29.7 Å². The predicted molar refractivity (Wildman–Crippen MR) is 118 cm³/mol. The normalized spacial score (nSPS) is 21.7. The van der Waals surface area contributed by atoms with E-state index in [1.165, 1.54) is 11.1 Å². The molecule has 5 rings (SSSR count). The summed E-state index contributed by atoms with van der Waals surface area (Å²) < 4.78 is 44.2. The molecule has 12 heteroatoms. The van der Waals surface area contributed by atoms with Gasteiger partial charge in [-0.2, -0.15) is 13.2 Å². The maximum absolute atomic E-state index is 13.0. The smallest absolute Gasteiger partial charge is 0.444 e. The van der Waals surface area contributed by atoms with E-state index in [9.17, 15) is 22.8 Å². The standard InChI is InChI=1S/C22H23BrF3N5O3/c1-21(2,3)34-20(33)31-14-4-11(5-14)17(31)18(32)28-7-12-6-16(27-10-15(12)23)13-8-29-19(30-9-13)22(24,25)26/h6,8-11,14,17H,4-5,7H2,1-3H3,(H,28,32). The highest BCUT2D eigenvalue weighted by atomic mass is 79.9. The number of carbonyl (C=O) groups excluding carboxylic acids is 2. The SMILES string of the molecule is CC(C)(C)OC(=O)N1C2CC(C2)C1C(=O)NCc1cc(-c2cnc(C(F)(F)F)nc2)ncc1Br. The fourth-order valence-electron chi connectivity index (χ4n) is 4.15. The summed E-state index contributed by atoms with van der Waals surface area (Å²) in [6.45, 7) is 5.47. The molecule has 8 nitrogen and oxygen atoms in total. The zero-order valence-electron chi connectivity index (χ0n) is 18.7. The molecule has 1 unspecified atom stereocenters. The molecule has 34 heavy (non-hydrogen) atoms. The van der Waals surface area contributed by atoms with Crippen LogP contribution in [0.4, 0.5) is 18.0 Å². The Kier molecular flexibility index (Phi) is 6.30. The summed E-state index contributed by atoms with van der Waals surface area (Å²) in [5, 5.41) is 2.87. The Balaban J connectivity index is 1.45. The van der Waals surface area contributed by atoms with Crippen LogP contribution in [0.15, 0.2) is 29.1 Å². The molecular formula is C22H23BrF3N5O3. The average molecular weight is 542 g/mol. The van der Waals surface area contributed by atoms with Gasteiger partial charge >= 0.3 is 12.3 Å². The summed E-state index contributed by atoms with van der Waals surface area (Å²) in [4.78, 5) is 38.1.